The van der Waals surface area contributed by atoms with E-state index in [0.717, 1.165) is 19.4 Å². The Morgan fingerprint density at radius 1 is 1.28 bits per heavy atom. The number of hydrogen-bond acceptors (Lipinski definition) is 7. The van der Waals surface area contributed by atoms with E-state index in [9.17, 15) is 4.79 Å². The van der Waals surface area contributed by atoms with Gasteiger partial charge in [-0.05, 0) is 30.1 Å². The predicted octanol–water partition coefficient (Wildman–Crippen LogP) is 1.53. The Kier molecular flexibility index (Phi) is 3.87. The third-order valence-corrected chi connectivity index (χ3v) is 4.48. The number of rotatable bonds is 3. The summed E-state index contributed by atoms with van der Waals surface area (Å²) in [6, 6.07) is 7.14. The molecule has 1 aliphatic rings. The van der Waals surface area contributed by atoms with E-state index in [2.05, 4.69) is 20.0 Å². The first kappa shape index (κ1) is 15.6. The first-order chi connectivity index (χ1) is 12.1. The first-order valence-corrected chi connectivity index (χ1v) is 8.36. The maximum atomic E-state index is 12.3. The molecule has 1 fully saturated rings. The minimum Gasteiger partial charge on any atom is -0.356 e. The first-order valence-electron chi connectivity index (χ1n) is 8.36. The van der Waals surface area contributed by atoms with Crippen molar-refractivity contribution in [2.24, 2.45) is 0 Å². The van der Waals surface area contributed by atoms with Gasteiger partial charge in [-0.25, -0.2) is 4.98 Å². The molecule has 0 spiro atoms. The molecular formula is C17H20N6O2. The van der Waals surface area contributed by atoms with Crippen LogP contribution in [0.15, 0.2) is 39.8 Å². The van der Waals surface area contributed by atoms with Crippen molar-refractivity contribution in [1.29, 1.82) is 0 Å². The van der Waals surface area contributed by atoms with E-state index in [1.807, 2.05) is 37.2 Å². The van der Waals surface area contributed by atoms with Crippen molar-refractivity contribution < 1.29 is 4.52 Å². The lowest BCUT2D eigenvalue weighted by atomic mass is 9.98. The molecule has 0 N–H and O–H groups in total. The molecule has 0 bridgehead atoms. The molecule has 4 rings (SSSR count). The van der Waals surface area contributed by atoms with Crippen LogP contribution in [0, 0.1) is 0 Å². The van der Waals surface area contributed by atoms with Gasteiger partial charge in [0, 0.05) is 39.4 Å². The highest BCUT2D eigenvalue weighted by Crippen LogP contribution is 2.28. The standard InChI is InChI=1S/C17H20N6O2/c1-21(2)17-19-16(25-20-17)12-6-5-8-22(11-12)14-10-15(24)23-9-4-3-7-13(23)18-14/h3-4,7,9-10,12H,5-6,8,11H2,1-2H3/t12-/m0/s1. The maximum Gasteiger partial charge on any atom is 0.265 e. The largest absolute Gasteiger partial charge is 0.356 e. The fourth-order valence-electron chi connectivity index (χ4n) is 3.16. The molecule has 0 aromatic carbocycles. The van der Waals surface area contributed by atoms with Gasteiger partial charge in [-0.3, -0.25) is 9.20 Å². The third kappa shape index (κ3) is 2.95. The van der Waals surface area contributed by atoms with Gasteiger partial charge in [-0.15, -0.1) is 0 Å². The van der Waals surface area contributed by atoms with Crippen LogP contribution in [-0.4, -0.2) is 46.7 Å². The Balaban J connectivity index is 1.61. The minimum atomic E-state index is -0.0737. The van der Waals surface area contributed by atoms with Gasteiger partial charge in [0.05, 0.1) is 5.92 Å². The topological polar surface area (TPSA) is 79.8 Å². The zero-order valence-corrected chi connectivity index (χ0v) is 14.3. The molecule has 8 nitrogen and oxygen atoms in total. The Labute approximate surface area is 144 Å². The summed E-state index contributed by atoms with van der Waals surface area (Å²) in [5.41, 5.74) is 0.579. The van der Waals surface area contributed by atoms with Crippen molar-refractivity contribution in [3.8, 4) is 0 Å². The van der Waals surface area contributed by atoms with Crippen LogP contribution >= 0.6 is 0 Å². The van der Waals surface area contributed by atoms with Crippen LogP contribution < -0.4 is 15.4 Å². The quantitative estimate of drug-likeness (QED) is 0.715. The predicted molar refractivity (Wildman–Crippen MR) is 94.3 cm³/mol. The molecule has 8 heteroatoms. The molecule has 0 unspecified atom stereocenters. The molecule has 0 amide bonds. The zero-order valence-electron chi connectivity index (χ0n) is 14.3. The Hall–Kier alpha value is -2.90. The Morgan fingerprint density at radius 2 is 2.16 bits per heavy atom. The maximum absolute atomic E-state index is 12.3. The van der Waals surface area contributed by atoms with E-state index in [1.165, 1.54) is 0 Å². The van der Waals surface area contributed by atoms with Crippen LogP contribution in [0.5, 0.6) is 0 Å². The van der Waals surface area contributed by atoms with Gasteiger partial charge in [0.15, 0.2) is 0 Å². The Bertz CT molecular complexity index is 947. The van der Waals surface area contributed by atoms with Crippen LogP contribution in [0.1, 0.15) is 24.7 Å². The number of pyridine rings is 1. The summed E-state index contributed by atoms with van der Waals surface area (Å²) in [7, 11) is 3.77. The molecule has 3 aromatic heterocycles. The van der Waals surface area contributed by atoms with Crippen molar-refractivity contribution in [1.82, 2.24) is 19.5 Å². The summed E-state index contributed by atoms with van der Waals surface area (Å²) < 4.78 is 6.98. The average molecular weight is 340 g/mol. The summed E-state index contributed by atoms with van der Waals surface area (Å²) in [5.74, 6) is 2.07. The number of anilines is 2. The normalized spacial score (nSPS) is 17.8. The highest BCUT2D eigenvalue weighted by Gasteiger charge is 2.27. The number of piperidine rings is 1. The highest BCUT2D eigenvalue weighted by atomic mass is 16.5. The molecule has 1 aliphatic heterocycles. The van der Waals surface area contributed by atoms with Crippen LogP contribution in [0.4, 0.5) is 11.8 Å². The smallest absolute Gasteiger partial charge is 0.265 e. The number of aromatic nitrogens is 4. The minimum absolute atomic E-state index is 0.0737. The summed E-state index contributed by atoms with van der Waals surface area (Å²) in [5, 5.41) is 4.00. The second-order valence-electron chi connectivity index (χ2n) is 6.49. The van der Waals surface area contributed by atoms with E-state index in [1.54, 1.807) is 16.7 Å². The van der Waals surface area contributed by atoms with Gasteiger partial charge in [-0.1, -0.05) is 6.07 Å². The molecule has 130 valence electrons. The molecule has 0 saturated carbocycles. The molecule has 0 aliphatic carbocycles. The van der Waals surface area contributed by atoms with Gasteiger partial charge in [0.25, 0.3) is 11.5 Å². The van der Waals surface area contributed by atoms with Crippen molar-refractivity contribution in [3.63, 3.8) is 0 Å². The van der Waals surface area contributed by atoms with Crippen LogP contribution in [0.3, 0.4) is 0 Å². The van der Waals surface area contributed by atoms with E-state index in [0.29, 0.717) is 29.8 Å². The summed E-state index contributed by atoms with van der Waals surface area (Å²) in [6.45, 7) is 1.57. The highest BCUT2D eigenvalue weighted by molar-refractivity contribution is 5.48. The van der Waals surface area contributed by atoms with E-state index >= 15 is 0 Å². The molecule has 1 saturated heterocycles. The molecule has 25 heavy (non-hydrogen) atoms. The fraction of sp³-hybridized carbons (Fsp3) is 0.412. The molecule has 1 atom stereocenters. The monoisotopic (exact) mass is 340 g/mol. The lowest BCUT2D eigenvalue weighted by Crippen LogP contribution is -2.36. The molecule has 0 radical (unpaired) electrons. The second-order valence-corrected chi connectivity index (χ2v) is 6.49. The van der Waals surface area contributed by atoms with Gasteiger partial charge >= 0.3 is 0 Å². The molecular weight excluding hydrogens is 320 g/mol. The van der Waals surface area contributed by atoms with Crippen molar-refractivity contribution in [2.75, 3.05) is 37.0 Å². The molecule has 4 heterocycles. The second kappa shape index (κ2) is 6.19. The van der Waals surface area contributed by atoms with Crippen molar-refractivity contribution in [3.05, 3.63) is 46.7 Å². The Morgan fingerprint density at radius 3 is 2.96 bits per heavy atom. The van der Waals surface area contributed by atoms with E-state index < -0.39 is 0 Å². The van der Waals surface area contributed by atoms with E-state index in [4.69, 9.17) is 4.52 Å². The fourth-order valence-corrected chi connectivity index (χ4v) is 3.16. The van der Waals surface area contributed by atoms with Crippen LogP contribution in [0.25, 0.3) is 5.65 Å². The number of nitrogens with zero attached hydrogens (tertiary/aromatic N) is 6. The van der Waals surface area contributed by atoms with Gasteiger partial charge in [0.1, 0.15) is 11.5 Å². The van der Waals surface area contributed by atoms with Crippen molar-refractivity contribution in [2.45, 2.75) is 18.8 Å². The average Bonchev–Trinajstić information content (AvgIpc) is 3.12. The number of fused-ring (bicyclic) bond motifs is 1. The zero-order chi connectivity index (χ0) is 17.4. The number of hydrogen-bond donors (Lipinski definition) is 0. The SMILES string of the molecule is CN(C)c1noc([C@H]2CCCN(c3cc(=O)n4ccccc4n3)C2)n1. The summed E-state index contributed by atoms with van der Waals surface area (Å²) >= 11 is 0. The lowest BCUT2D eigenvalue weighted by Gasteiger charge is -2.31. The van der Waals surface area contributed by atoms with Crippen LogP contribution in [0.2, 0.25) is 0 Å². The lowest BCUT2D eigenvalue weighted by molar-refractivity contribution is 0.332. The van der Waals surface area contributed by atoms with Crippen LogP contribution in [-0.2, 0) is 0 Å². The summed E-state index contributed by atoms with van der Waals surface area (Å²) in [4.78, 5) is 25.4. The van der Waals surface area contributed by atoms with Crippen molar-refractivity contribution >= 4 is 17.4 Å². The summed E-state index contributed by atoms with van der Waals surface area (Å²) in [6.07, 6.45) is 3.70. The van der Waals surface area contributed by atoms with Gasteiger partial charge in [-0.2, -0.15) is 4.98 Å². The third-order valence-electron chi connectivity index (χ3n) is 4.48. The van der Waals surface area contributed by atoms with E-state index in [-0.39, 0.29) is 11.5 Å². The van der Waals surface area contributed by atoms with Gasteiger partial charge < -0.3 is 14.3 Å². The van der Waals surface area contributed by atoms with Gasteiger partial charge in [0.2, 0.25) is 5.89 Å². The molecule has 3 aromatic rings.